The Morgan fingerprint density at radius 1 is 1.48 bits per heavy atom. The molecule has 0 radical (unpaired) electrons. The maximum Gasteiger partial charge on any atom is 0.412 e. The van der Waals surface area contributed by atoms with E-state index in [2.05, 4.69) is 10.6 Å². The summed E-state index contributed by atoms with van der Waals surface area (Å²) in [6, 6.07) is 4.98. The largest absolute Gasteiger partial charge is 0.444 e. The molecule has 2 amide bonds. The van der Waals surface area contributed by atoms with Gasteiger partial charge in [-0.05, 0) is 32.9 Å². The zero-order chi connectivity index (χ0) is 15.6. The summed E-state index contributed by atoms with van der Waals surface area (Å²) < 4.78 is 10.2. The van der Waals surface area contributed by atoms with Crippen molar-refractivity contribution in [2.75, 3.05) is 11.9 Å². The van der Waals surface area contributed by atoms with Crippen LogP contribution in [-0.4, -0.2) is 24.3 Å². The Balaban J connectivity index is 2.05. The van der Waals surface area contributed by atoms with Crippen molar-refractivity contribution in [2.24, 2.45) is 0 Å². The fraction of sp³-hybridized carbons (Fsp3) is 0.429. The maximum absolute atomic E-state index is 11.7. The van der Waals surface area contributed by atoms with Gasteiger partial charge in [-0.25, -0.2) is 9.59 Å². The van der Waals surface area contributed by atoms with Gasteiger partial charge in [0, 0.05) is 16.3 Å². The van der Waals surface area contributed by atoms with Crippen LogP contribution in [0.4, 0.5) is 15.3 Å². The van der Waals surface area contributed by atoms with Crippen LogP contribution >= 0.6 is 11.6 Å². The fourth-order valence-electron chi connectivity index (χ4n) is 1.85. The molecule has 1 aliphatic heterocycles. The Morgan fingerprint density at radius 3 is 2.71 bits per heavy atom. The number of nitrogens with one attached hydrogen (secondary N) is 2. The molecule has 114 valence electrons. The topological polar surface area (TPSA) is 76.7 Å². The number of amides is 2. The van der Waals surface area contributed by atoms with Crippen molar-refractivity contribution in [3.8, 4) is 0 Å². The van der Waals surface area contributed by atoms with Crippen LogP contribution in [0.1, 0.15) is 32.4 Å². The summed E-state index contributed by atoms with van der Waals surface area (Å²) >= 11 is 6.16. The molecule has 2 rings (SSSR count). The molecule has 0 aliphatic carbocycles. The highest BCUT2D eigenvalue weighted by atomic mass is 35.5. The summed E-state index contributed by atoms with van der Waals surface area (Å²) in [5.41, 5.74) is 0.623. The lowest BCUT2D eigenvalue weighted by molar-refractivity contribution is 0.0636. The highest BCUT2D eigenvalue weighted by Crippen LogP contribution is 2.30. The number of benzene rings is 1. The van der Waals surface area contributed by atoms with E-state index in [0.717, 1.165) is 0 Å². The first-order chi connectivity index (χ1) is 9.74. The van der Waals surface area contributed by atoms with Gasteiger partial charge in [0.25, 0.3) is 0 Å². The van der Waals surface area contributed by atoms with E-state index in [9.17, 15) is 9.59 Å². The van der Waals surface area contributed by atoms with Gasteiger partial charge >= 0.3 is 12.2 Å². The van der Waals surface area contributed by atoms with E-state index in [1.807, 2.05) is 0 Å². The van der Waals surface area contributed by atoms with Crippen molar-refractivity contribution in [3.05, 3.63) is 28.8 Å². The summed E-state index contributed by atoms with van der Waals surface area (Å²) in [4.78, 5) is 22.7. The van der Waals surface area contributed by atoms with Crippen molar-refractivity contribution >= 4 is 29.5 Å². The number of carbonyl (C=O) groups is 2. The molecule has 1 saturated heterocycles. The Hall–Kier alpha value is -1.95. The van der Waals surface area contributed by atoms with Gasteiger partial charge in [-0.15, -0.1) is 0 Å². The molecule has 1 aromatic rings. The minimum atomic E-state index is -0.572. The van der Waals surface area contributed by atoms with Gasteiger partial charge in [0.2, 0.25) is 0 Å². The number of rotatable bonds is 2. The molecular formula is C14H17ClN2O4. The van der Waals surface area contributed by atoms with Gasteiger partial charge in [-0.1, -0.05) is 17.7 Å². The lowest BCUT2D eigenvalue weighted by Crippen LogP contribution is -2.27. The van der Waals surface area contributed by atoms with Gasteiger partial charge in [-0.2, -0.15) is 0 Å². The predicted molar refractivity (Wildman–Crippen MR) is 78.5 cm³/mol. The Labute approximate surface area is 127 Å². The Bertz CT molecular complexity index is 569. The third-order valence-corrected chi connectivity index (χ3v) is 3.00. The van der Waals surface area contributed by atoms with Crippen LogP contribution in [0.5, 0.6) is 0 Å². The molecule has 0 bridgehead atoms. The quantitative estimate of drug-likeness (QED) is 0.876. The second-order valence-corrected chi connectivity index (χ2v) is 6.05. The van der Waals surface area contributed by atoms with Gasteiger partial charge in [0.1, 0.15) is 11.7 Å². The Morgan fingerprint density at radius 2 is 2.19 bits per heavy atom. The number of hydrogen-bond acceptors (Lipinski definition) is 4. The standard InChI is InChI=1S/C14H17ClN2O4/c1-14(2,3)21-13(19)17-8-4-5-9(10(15)6-8)11-7-16-12(18)20-11/h4-6,11H,7H2,1-3H3,(H,16,18)(H,17,19). The zero-order valence-electron chi connectivity index (χ0n) is 12.0. The summed E-state index contributed by atoms with van der Waals surface area (Å²) in [6.07, 6.45) is -1.44. The van der Waals surface area contributed by atoms with E-state index < -0.39 is 23.9 Å². The fourth-order valence-corrected chi connectivity index (χ4v) is 2.15. The van der Waals surface area contributed by atoms with Crippen LogP contribution in [0.15, 0.2) is 18.2 Å². The second kappa shape index (κ2) is 5.81. The number of alkyl carbamates (subject to hydrolysis) is 1. The van der Waals surface area contributed by atoms with Crippen molar-refractivity contribution in [2.45, 2.75) is 32.5 Å². The van der Waals surface area contributed by atoms with Crippen LogP contribution in [0.3, 0.4) is 0 Å². The molecule has 0 aromatic heterocycles. The minimum absolute atomic E-state index is 0.372. The summed E-state index contributed by atoms with van der Waals surface area (Å²) in [7, 11) is 0. The third kappa shape index (κ3) is 4.26. The first kappa shape index (κ1) is 15.4. The molecule has 2 N–H and O–H groups in total. The van der Waals surface area contributed by atoms with Gasteiger partial charge in [0.05, 0.1) is 6.54 Å². The number of carbonyl (C=O) groups excluding carboxylic acids is 2. The monoisotopic (exact) mass is 312 g/mol. The smallest absolute Gasteiger partial charge is 0.412 e. The summed E-state index contributed by atoms with van der Waals surface area (Å²) in [6.45, 7) is 5.72. The molecular weight excluding hydrogens is 296 g/mol. The molecule has 7 heteroatoms. The Kier molecular flexibility index (Phi) is 4.27. The van der Waals surface area contributed by atoms with Crippen LogP contribution < -0.4 is 10.6 Å². The van der Waals surface area contributed by atoms with E-state index in [0.29, 0.717) is 22.8 Å². The number of halogens is 1. The van der Waals surface area contributed by atoms with Crippen molar-refractivity contribution in [1.82, 2.24) is 5.32 Å². The number of anilines is 1. The lowest BCUT2D eigenvalue weighted by Gasteiger charge is -2.20. The minimum Gasteiger partial charge on any atom is -0.444 e. The van der Waals surface area contributed by atoms with Gasteiger partial charge in [-0.3, -0.25) is 5.32 Å². The number of hydrogen-bond donors (Lipinski definition) is 2. The molecule has 6 nitrogen and oxygen atoms in total. The van der Waals surface area contributed by atoms with E-state index in [1.54, 1.807) is 39.0 Å². The zero-order valence-corrected chi connectivity index (χ0v) is 12.8. The van der Waals surface area contributed by atoms with Gasteiger partial charge in [0.15, 0.2) is 0 Å². The van der Waals surface area contributed by atoms with Crippen molar-refractivity contribution < 1.29 is 19.1 Å². The molecule has 1 fully saturated rings. The SMILES string of the molecule is CC(C)(C)OC(=O)Nc1ccc(C2CNC(=O)O2)c(Cl)c1. The molecule has 21 heavy (non-hydrogen) atoms. The van der Waals surface area contributed by atoms with E-state index in [-0.39, 0.29) is 0 Å². The molecule has 1 aliphatic rings. The predicted octanol–water partition coefficient (Wildman–Crippen LogP) is 3.47. The first-order valence-corrected chi connectivity index (χ1v) is 6.86. The van der Waals surface area contributed by atoms with Crippen LogP contribution in [-0.2, 0) is 9.47 Å². The average Bonchev–Trinajstić information content (AvgIpc) is 2.73. The second-order valence-electron chi connectivity index (χ2n) is 5.64. The molecule has 1 unspecified atom stereocenters. The number of cyclic esters (lactones) is 1. The lowest BCUT2D eigenvalue weighted by atomic mass is 10.1. The van der Waals surface area contributed by atoms with Crippen LogP contribution in [0, 0.1) is 0 Å². The van der Waals surface area contributed by atoms with Gasteiger partial charge < -0.3 is 14.8 Å². The molecule has 0 saturated carbocycles. The molecule has 1 aromatic carbocycles. The van der Waals surface area contributed by atoms with Crippen LogP contribution in [0.2, 0.25) is 5.02 Å². The van der Waals surface area contributed by atoms with E-state index in [1.165, 1.54) is 0 Å². The highest BCUT2D eigenvalue weighted by molar-refractivity contribution is 6.31. The third-order valence-electron chi connectivity index (χ3n) is 2.67. The summed E-state index contributed by atoms with van der Waals surface area (Å²) in [5.74, 6) is 0. The van der Waals surface area contributed by atoms with Crippen molar-refractivity contribution in [1.29, 1.82) is 0 Å². The molecule has 1 heterocycles. The van der Waals surface area contributed by atoms with E-state index in [4.69, 9.17) is 21.1 Å². The average molecular weight is 313 g/mol. The molecule has 0 spiro atoms. The van der Waals surface area contributed by atoms with Crippen molar-refractivity contribution in [3.63, 3.8) is 0 Å². The maximum atomic E-state index is 11.7. The first-order valence-electron chi connectivity index (χ1n) is 6.48. The number of ether oxygens (including phenoxy) is 2. The normalized spacial score (nSPS) is 17.9. The molecule has 1 atom stereocenters. The highest BCUT2D eigenvalue weighted by Gasteiger charge is 2.26. The summed E-state index contributed by atoms with van der Waals surface area (Å²) in [5, 5.41) is 5.56. The van der Waals surface area contributed by atoms with Crippen LogP contribution in [0.25, 0.3) is 0 Å². The van der Waals surface area contributed by atoms with E-state index >= 15 is 0 Å².